The third kappa shape index (κ3) is 6.13. The third-order valence-corrected chi connectivity index (χ3v) is 2.76. The van der Waals surface area contributed by atoms with Crippen LogP contribution in [0.5, 0.6) is 5.75 Å². The zero-order valence-corrected chi connectivity index (χ0v) is 12.0. The lowest BCUT2D eigenvalue weighted by Gasteiger charge is -2.21. The molecule has 0 unspecified atom stereocenters. The number of hydrogen-bond acceptors (Lipinski definition) is 4. The fourth-order valence-corrected chi connectivity index (χ4v) is 1.73. The quantitative estimate of drug-likeness (QED) is 0.536. The van der Waals surface area contributed by atoms with Gasteiger partial charge in [-0.1, -0.05) is 6.92 Å². The van der Waals surface area contributed by atoms with Crippen molar-refractivity contribution < 1.29 is 19.8 Å². The van der Waals surface area contributed by atoms with Crippen LogP contribution >= 0.6 is 0 Å². The molecule has 4 N–H and O–H groups in total. The second-order valence-corrected chi connectivity index (χ2v) is 4.44. The predicted molar refractivity (Wildman–Crippen MR) is 79.6 cm³/mol. The van der Waals surface area contributed by atoms with Crippen molar-refractivity contribution in [1.82, 2.24) is 10.6 Å². The highest BCUT2D eigenvalue weighted by molar-refractivity contribution is 5.96. The first-order valence-corrected chi connectivity index (χ1v) is 6.81. The SMILES string of the molecule is CCNCCCNC(=O)N(CC(=O)O)c1ccc(O)cc1. The van der Waals surface area contributed by atoms with Gasteiger partial charge >= 0.3 is 12.0 Å². The summed E-state index contributed by atoms with van der Waals surface area (Å²) in [5, 5.41) is 24.0. The summed E-state index contributed by atoms with van der Waals surface area (Å²) in [5.41, 5.74) is 0.416. The molecule has 0 spiro atoms. The molecule has 0 radical (unpaired) electrons. The summed E-state index contributed by atoms with van der Waals surface area (Å²) in [7, 11) is 0. The smallest absolute Gasteiger partial charge is 0.323 e. The minimum atomic E-state index is -1.11. The van der Waals surface area contributed by atoms with Crippen LogP contribution in [0.4, 0.5) is 10.5 Å². The van der Waals surface area contributed by atoms with E-state index >= 15 is 0 Å². The van der Waals surface area contributed by atoms with E-state index in [4.69, 9.17) is 5.11 Å². The molecule has 1 aromatic rings. The number of carboxylic acids is 1. The highest BCUT2D eigenvalue weighted by Crippen LogP contribution is 2.18. The first-order valence-electron chi connectivity index (χ1n) is 6.81. The van der Waals surface area contributed by atoms with Crippen molar-refractivity contribution in [2.45, 2.75) is 13.3 Å². The van der Waals surface area contributed by atoms with Crippen LogP contribution in [0.15, 0.2) is 24.3 Å². The number of aromatic hydroxyl groups is 1. The molecule has 7 nitrogen and oxygen atoms in total. The summed E-state index contributed by atoms with van der Waals surface area (Å²) in [4.78, 5) is 24.1. The molecular weight excluding hydrogens is 274 g/mol. The zero-order chi connectivity index (χ0) is 15.7. The van der Waals surface area contributed by atoms with Gasteiger partial charge in [-0.05, 0) is 43.8 Å². The normalized spacial score (nSPS) is 10.1. The molecule has 0 saturated carbocycles. The van der Waals surface area contributed by atoms with Crippen LogP contribution in [0, 0.1) is 0 Å². The molecule has 0 fully saturated rings. The Kier molecular flexibility index (Phi) is 7.03. The van der Waals surface area contributed by atoms with Gasteiger partial charge < -0.3 is 20.8 Å². The van der Waals surface area contributed by atoms with Crippen LogP contribution < -0.4 is 15.5 Å². The van der Waals surface area contributed by atoms with Crippen molar-refractivity contribution in [3.05, 3.63) is 24.3 Å². The Hall–Kier alpha value is -2.28. The Bertz CT molecular complexity index is 462. The van der Waals surface area contributed by atoms with Crippen LogP contribution in [-0.2, 0) is 4.79 Å². The van der Waals surface area contributed by atoms with Gasteiger partial charge in [0.05, 0.1) is 0 Å². The van der Waals surface area contributed by atoms with Crippen LogP contribution in [0.1, 0.15) is 13.3 Å². The minimum Gasteiger partial charge on any atom is -0.508 e. The van der Waals surface area contributed by atoms with Gasteiger partial charge in [0.25, 0.3) is 0 Å². The van der Waals surface area contributed by atoms with Crippen molar-refractivity contribution >= 4 is 17.7 Å². The average molecular weight is 295 g/mol. The lowest BCUT2D eigenvalue weighted by atomic mass is 10.2. The summed E-state index contributed by atoms with van der Waals surface area (Å²) >= 11 is 0. The molecule has 0 aliphatic carbocycles. The van der Waals surface area contributed by atoms with E-state index in [1.54, 1.807) is 0 Å². The molecule has 0 atom stereocenters. The monoisotopic (exact) mass is 295 g/mol. The number of carboxylic acid groups (broad SMARTS) is 1. The molecule has 0 aromatic heterocycles. The van der Waals surface area contributed by atoms with E-state index in [0.717, 1.165) is 24.4 Å². The number of nitrogens with zero attached hydrogens (tertiary/aromatic N) is 1. The third-order valence-electron chi connectivity index (χ3n) is 2.76. The topological polar surface area (TPSA) is 102 Å². The summed E-state index contributed by atoms with van der Waals surface area (Å²) in [6, 6.07) is 5.33. The number of anilines is 1. The second-order valence-electron chi connectivity index (χ2n) is 4.44. The van der Waals surface area contributed by atoms with E-state index in [9.17, 15) is 14.7 Å². The van der Waals surface area contributed by atoms with Crippen LogP contribution in [-0.4, -0.2) is 48.4 Å². The molecule has 7 heteroatoms. The van der Waals surface area contributed by atoms with Gasteiger partial charge in [-0.15, -0.1) is 0 Å². The summed E-state index contributed by atoms with van der Waals surface area (Å²) in [6.07, 6.45) is 0.760. The molecule has 1 rings (SSSR count). The highest BCUT2D eigenvalue weighted by atomic mass is 16.4. The highest BCUT2D eigenvalue weighted by Gasteiger charge is 2.18. The number of carbonyl (C=O) groups is 2. The summed E-state index contributed by atoms with van der Waals surface area (Å²) in [6.45, 7) is 3.67. The number of amides is 2. The Labute approximate surface area is 123 Å². The van der Waals surface area contributed by atoms with Crippen molar-refractivity contribution in [2.75, 3.05) is 31.1 Å². The van der Waals surface area contributed by atoms with E-state index in [-0.39, 0.29) is 5.75 Å². The largest absolute Gasteiger partial charge is 0.508 e. The number of hydrogen-bond donors (Lipinski definition) is 4. The van der Waals surface area contributed by atoms with Crippen LogP contribution in [0.25, 0.3) is 0 Å². The number of phenolic OH excluding ortho intramolecular Hbond substituents is 1. The van der Waals surface area contributed by atoms with Crippen LogP contribution in [0.3, 0.4) is 0 Å². The van der Waals surface area contributed by atoms with Gasteiger partial charge in [0.2, 0.25) is 0 Å². The molecular formula is C14H21N3O4. The molecule has 0 aliphatic rings. The minimum absolute atomic E-state index is 0.0556. The Morgan fingerprint density at radius 1 is 1.19 bits per heavy atom. The number of aliphatic carboxylic acids is 1. The van der Waals surface area contributed by atoms with Gasteiger partial charge in [-0.3, -0.25) is 9.69 Å². The molecule has 1 aromatic carbocycles. The maximum Gasteiger partial charge on any atom is 0.323 e. The molecule has 0 saturated heterocycles. The molecule has 0 heterocycles. The number of nitrogens with one attached hydrogen (secondary N) is 2. The average Bonchev–Trinajstić information content (AvgIpc) is 2.45. The zero-order valence-electron chi connectivity index (χ0n) is 12.0. The number of urea groups is 1. The van der Waals surface area contributed by atoms with Crippen LogP contribution in [0.2, 0.25) is 0 Å². The number of carbonyl (C=O) groups excluding carboxylic acids is 1. The van der Waals surface area contributed by atoms with E-state index in [0.29, 0.717) is 12.2 Å². The van der Waals surface area contributed by atoms with E-state index in [2.05, 4.69) is 10.6 Å². The van der Waals surface area contributed by atoms with Gasteiger partial charge in [0, 0.05) is 12.2 Å². The Morgan fingerprint density at radius 3 is 2.43 bits per heavy atom. The lowest BCUT2D eigenvalue weighted by molar-refractivity contribution is -0.135. The van der Waals surface area contributed by atoms with Gasteiger partial charge in [0.15, 0.2) is 0 Å². The second kappa shape index (κ2) is 8.80. The molecule has 0 bridgehead atoms. The first-order chi connectivity index (χ1) is 10.0. The number of rotatable bonds is 8. The van der Waals surface area contributed by atoms with Gasteiger partial charge in [-0.2, -0.15) is 0 Å². The standard InChI is InChI=1S/C14H21N3O4/c1-2-15-8-3-9-16-14(21)17(10-13(19)20)11-4-6-12(18)7-5-11/h4-7,15,18H,2-3,8-10H2,1H3,(H,16,21)(H,19,20). The fraction of sp³-hybridized carbons (Fsp3) is 0.429. The molecule has 2 amide bonds. The maximum absolute atomic E-state index is 12.1. The number of phenols is 1. The van der Waals surface area contributed by atoms with Crippen molar-refractivity contribution in [3.8, 4) is 5.75 Å². The van der Waals surface area contributed by atoms with Crippen molar-refractivity contribution in [2.24, 2.45) is 0 Å². The lowest BCUT2D eigenvalue weighted by Crippen LogP contribution is -2.43. The Morgan fingerprint density at radius 2 is 1.86 bits per heavy atom. The summed E-state index contributed by atoms with van der Waals surface area (Å²) < 4.78 is 0. The van der Waals surface area contributed by atoms with E-state index < -0.39 is 18.5 Å². The predicted octanol–water partition coefficient (Wildman–Crippen LogP) is 0.992. The van der Waals surface area contributed by atoms with Gasteiger partial charge in [0.1, 0.15) is 12.3 Å². The van der Waals surface area contributed by atoms with Crippen molar-refractivity contribution in [1.29, 1.82) is 0 Å². The molecule has 0 aliphatic heterocycles. The number of benzene rings is 1. The van der Waals surface area contributed by atoms with Crippen molar-refractivity contribution in [3.63, 3.8) is 0 Å². The summed E-state index contributed by atoms with van der Waals surface area (Å²) in [5.74, 6) is -1.05. The first kappa shape index (κ1) is 16.8. The van der Waals surface area contributed by atoms with Gasteiger partial charge in [-0.25, -0.2) is 4.79 Å². The molecule has 116 valence electrons. The molecule has 21 heavy (non-hydrogen) atoms. The van der Waals surface area contributed by atoms with E-state index in [1.807, 2.05) is 6.92 Å². The maximum atomic E-state index is 12.1. The van der Waals surface area contributed by atoms with E-state index in [1.165, 1.54) is 24.3 Å². The fourth-order valence-electron chi connectivity index (χ4n) is 1.73. The Balaban J connectivity index is 2.62.